The van der Waals surface area contributed by atoms with Crippen LogP contribution in [0.4, 0.5) is 11.4 Å². The highest BCUT2D eigenvalue weighted by Gasteiger charge is 2.19. The molecule has 146 valence electrons. The van der Waals surface area contributed by atoms with Crippen molar-refractivity contribution in [1.82, 2.24) is 9.88 Å². The summed E-state index contributed by atoms with van der Waals surface area (Å²) in [6.07, 6.45) is 0.997. The van der Waals surface area contributed by atoms with Gasteiger partial charge in [0.05, 0.1) is 16.6 Å². The first-order valence-corrected chi connectivity index (χ1v) is 9.90. The van der Waals surface area contributed by atoms with Gasteiger partial charge in [-0.25, -0.2) is 0 Å². The molecule has 1 aliphatic rings. The average Bonchev–Trinajstić information content (AvgIpc) is 2.98. The number of nitrogens with zero attached hydrogens (tertiary/aromatic N) is 2. The van der Waals surface area contributed by atoms with Gasteiger partial charge in [-0.15, -0.1) is 0 Å². The number of anilines is 2. The molecule has 1 aromatic heterocycles. The van der Waals surface area contributed by atoms with Crippen LogP contribution in [-0.2, 0) is 19.5 Å². The minimum atomic E-state index is 0.122. The fourth-order valence-corrected chi connectivity index (χ4v) is 4.03. The number of hydrogen-bond donors (Lipinski definition) is 4. The molecule has 4 rings (SSSR count). The fraction of sp³-hybridized carbons (Fsp3) is 0.250. The van der Waals surface area contributed by atoms with Gasteiger partial charge in [-0.1, -0.05) is 23.2 Å². The topological polar surface area (TPSA) is 93.4 Å². The number of benzene rings is 2. The quantitative estimate of drug-likeness (QED) is 0.377. The summed E-state index contributed by atoms with van der Waals surface area (Å²) in [7, 11) is 0. The smallest absolute Gasteiger partial charge is 0.185 e. The van der Waals surface area contributed by atoms with E-state index in [1.807, 2.05) is 12.1 Å². The number of nitrogens with one attached hydrogen (secondary N) is 2. The van der Waals surface area contributed by atoms with Crippen LogP contribution < -0.4 is 22.1 Å². The molecule has 2 aromatic carbocycles. The summed E-state index contributed by atoms with van der Waals surface area (Å²) in [5.74, 6) is 0.122. The van der Waals surface area contributed by atoms with Crippen LogP contribution in [0.25, 0.3) is 10.9 Å². The SMILES string of the molecule is NC(N)=NCCn1c2c(c3cc(Nc4ccc(Cl)c(Cl)c4)ccc31)CCNC2. The van der Waals surface area contributed by atoms with Gasteiger partial charge in [0.25, 0.3) is 0 Å². The molecule has 0 amide bonds. The van der Waals surface area contributed by atoms with E-state index in [0.717, 1.165) is 37.4 Å². The standard InChI is InChI=1S/C20H22Cl2N6/c21-16-3-1-13(10-17(16)22)27-12-2-4-18-15(9-12)14-5-6-25-11-19(14)28(18)8-7-26-20(23)24/h1-4,9-10,25,27H,5-8,11H2,(H4,23,24,26). The number of nitrogens with two attached hydrogens (primary N) is 2. The number of aliphatic imine (C=N–C) groups is 1. The summed E-state index contributed by atoms with van der Waals surface area (Å²) >= 11 is 12.1. The summed E-state index contributed by atoms with van der Waals surface area (Å²) in [6.45, 7) is 3.12. The van der Waals surface area contributed by atoms with Crippen molar-refractivity contribution in [3.8, 4) is 0 Å². The van der Waals surface area contributed by atoms with Gasteiger partial charge in [0, 0.05) is 41.1 Å². The molecule has 0 bridgehead atoms. The molecule has 0 radical (unpaired) electrons. The molecule has 0 spiro atoms. The molecule has 0 fully saturated rings. The fourth-order valence-electron chi connectivity index (χ4n) is 3.73. The second-order valence-electron chi connectivity index (χ2n) is 6.80. The number of fused-ring (bicyclic) bond motifs is 3. The van der Waals surface area contributed by atoms with E-state index in [9.17, 15) is 0 Å². The Morgan fingerprint density at radius 3 is 2.68 bits per heavy atom. The Bertz CT molecular complexity index is 1050. The van der Waals surface area contributed by atoms with Crippen molar-refractivity contribution in [1.29, 1.82) is 0 Å². The lowest BCUT2D eigenvalue weighted by Crippen LogP contribution is -2.26. The number of guanidine groups is 1. The minimum absolute atomic E-state index is 0.122. The van der Waals surface area contributed by atoms with E-state index >= 15 is 0 Å². The van der Waals surface area contributed by atoms with E-state index in [-0.39, 0.29) is 5.96 Å². The van der Waals surface area contributed by atoms with Gasteiger partial charge < -0.3 is 26.7 Å². The monoisotopic (exact) mass is 416 g/mol. The summed E-state index contributed by atoms with van der Waals surface area (Å²) < 4.78 is 2.31. The van der Waals surface area contributed by atoms with Crippen LogP contribution in [0, 0.1) is 0 Å². The third-order valence-electron chi connectivity index (χ3n) is 4.96. The molecule has 28 heavy (non-hydrogen) atoms. The highest BCUT2D eigenvalue weighted by atomic mass is 35.5. The van der Waals surface area contributed by atoms with Crippen molar-refractivity contribution >= 4 is 51.4 Å². The van der Waals surface area contributed by atoms with Gasteiger partial charge in [0.1, 0.15) is 0 Å². The summed E-state index contributed by atoms with van der Waals surface area (Å²) in [4.78, 5) is 4.14. The van der Waals surface area contributed by atoms with Gasteiger partial charge >= 0.3 is 0 Å². The second-order valence-corrected chi connectivity index (χ2v) is 7.61. The predicted octanol–water partition coefficient (Wildman–Crippen LogP) is 3.61. The zero-order valence-corrected chi connectivity index (χ0v) is 16.8. The van der Waals surface area contributed by atoms with Crippen LogP contribution in [0.2, 0.25) is 10.0 Å². The Morgan fingerprint density at radius 2 is 1.89 bits per heavy atom. The van der Waals surface area contributed by atoms with E-state index in [0.29, 0.717) is 16.6 Å². The Labute approximate surface area is 173 Å². The van der Waals surface area contributed by atoms with Crippen LogP contribution >= 0.6 is 23.2 Å². The molecule has 0 saturated heterocycles. The lowest BCUT2D eigenvalue weighted by molar-refractivity contribution is 0.588. The van der Waals surface area contributed by atoms with E-state index in [4.69, 9.17) is 34.7 Å². The van der Waals surface area contributed by atoms with Gasteiger partial charge in [0.2, 0.25) is 0 Å². The molecule has 0 unspecified atom stereocenters. The molecule has 0 saturated carbocycles. The molecule has 1 aliphatic heterocycles. The van der Waals surface area contributed by atoms with Crippen molar-refractivity contribution in [3.63, 3.8) is 0 Å². The molecule has 8 heteroatoms. The van der Waals surface area contributed by atoms with Crippen LogP contribution in [0.15, 0.2) is 41.4 Å². The first-order chi connectivity index (χ1) is 13.5. The molecule has 0 aliphatic carbocycles. The van der Waals surface area contributed by atoms with Gasteiger partial charge in [-0.3, -0.25) is 4.99 Å². The van der Waals surface area contributed by atoms with Gasteiger partial charge in [0.15, 0.2) is 5.96 Å². The largest absolute Gasteiger partial charge is 0.370 e. The van der Waals surface area contributed by atoms with Crippen LogP contribution in [0.3, 0.4) is 0 Å². The Morgan fingerprint density at radius 1 is 1.11 bits per heavy atom. The lowest BCUT2D eigenvalue weighted by atomic mass is 10.0. The summed E-state index contributed by atoms with van der Waals surface area (Å²) in [5.41, 5.74) is 16.7. The highest BCUT2D eigenvalue weighted by molar-refractivity contribution is 6.42. The average molecular weight is 417 g/mol. The number of halogens is 2. The first kappa shape index (κ1) is 18.9. The van der Waals surface area contributed by atoms with Crippen LogP contribution in [0.1, 0.15) is 11.3 Å². The number of aromatic nitrogens is 1. The van der Waals surface area contributed by atoms with Crippen LogP contribution in [-0.4, -0.2) is 23.6 Å². The summed E-state index contributed by atoms with van der Waals surface area (Å²) in [6, 6.07) is 11.9. The molecule has 6 nitrogen and oxygen atoms in total. The van der Waals surface area contributed by atoms with Crippen molar-refractivity contribution < 1.29 is 0 Å². The number of rotatable bonds is 5. The molecule has 3 aromatic rings. The molecule has 6 N–H and O–H groups in total. The zero-order chi connectivity index (χ0) is 19.7. The molecular formula is C20H22Cl2N6. The van der Waals surface area contributed by atoms with Crippen molar-refractivity contribution in [3.05, 3.63) is 57.7 Å². The van der Waals surface area contributed by atoms with Gasteiger partial charge in [-0.2, -0.15) is 0 Å². The zero-order valence-electron chi connectivity index (χ0n) is 15.3. The Balaban J connectivity index is 1.70. The highest BCUT2D eigenvalue weighted by Crippen LogP contribution is 2.33. The van der Waals surface area contributed by atoms with E-state index in [1.165, 1.54) is 22.2 Å². The summed E-state index contributed by atoms with van der Waals surface area (Å²) in [5, 5.41) is 9.20. The van der Waals surface area contributed by atoms with Crippen molar-refractivity contribution in [2.24, 2.45) is 16.5 Å². The maximum absolute atomic E-state index is 6.13. The van der Waals surface area contributed by atoms with E-state index < -0.39 is 0 Å². The van der Waals surface area contributed by atoms with Crippen molar-refractivity contribution in [2.45, 2.75) is 19.5 Å². The second kappa shape index (κ2) is 7.91. The normalized spacial score (nSPS) is 13.4. The van der Waals surface area contributed by atoms with Crippen LogP contribution in [0.5, 0.6) is 0 Å². The lowest BCUT2D eigenvalue weighted by Gasteiger charge is -2.16. The number of hydrogen-bond acceptors (Lipinski definition) is 3. The first-order valence-electron chi connectivity index (χ1n) is 9.15. The van der Waals surface area contributed by atoms with E-state index in [1.54, 1.807) is 6.07 Å². The third kappa shape index (κ3) is 3.76. The Hall–Kier alpha value is -2.41. The van der Waals surface area contributed by atoms with Crippen molar-refractivity contribution in [2.75, 3.05) is 18.4 Å². The maximum Gasteiger partial charge on any atom is 0.185 e. The molecule has 0 atom stereocenters. The Kier molecular flexibility index (Phi) is 5.35. The molecule has 2 heterocycles. The van der Waals surface area contributed by atoms with E-state index in [2.05, 4.69) is 38.4 Å². The third-order valence-corrected chi connectivity index (χ3v) is 5.70. The molecular weight excluding hydrogens is 395 g/mol. The maximum atomic E-state index is 6.13. The van der Waals surface area contributed by atoms with Gasteiger partial charge in [-0.05, 0) is 54.9 Å². The minimum Gasteiger partial charge on any atom is -0.370 e. The predicted molar refractivity (Wildman–Crippen MR) is 118 cm³/mol.